The number of nitrogens with one attached hydrogen (secondary N) is 1. The molecule has 0 aliphatic heterocycles. The molecule has 7 heteroatoms. The van der Waals surface area contributed by atoms with Gasteiger partial charge in [0.25, 0.3) is 0 Å². The maximum absolute atomic E-state index is 12.1. The zero-order valence-electron chi connectivity index (χ0n) is 10.1. The third kappa shape index (κ3) is 4.07. The highest BCUT2D eigenvalue weighted by molar-refractivity contribution is 7.89. The molecular formula is C12H15Cl2NO3S. The monoisotopic (exact) mass is 323 g/mol. The van der Waals surface area contributed by atoms with Crippen LogP contribution in [0, 0.1) is 5.92 Å². The Hall–Kier alpha value is -0.330. The van der Waals surface area contributed by atoms with Crippen molar-refractivity contribution in [1.29, 1.82) is 0 Å². The molecule has 1 aromatic rings. The van der Waals surface area contributed by atoms with Crippen LogP contribution in [-0.4, -0.2) is 26.2 Å². The van der Waals surface area contributed by atoms with E-state index < -0.39 is 10.0 Å². The Morgan fingerprint density at radius 3 is 2.37 bits per heavy atom. The summed E-state index contributed by atoms with van der Waals surface area (Å²) in [6.45, 7) is 0.323. The first kappa shape index (κ1) is 15.1. The fourth-order valence-corrected chi connectivity index (χ4v) is 4.07. The van der Waals surface area contributed by atoms with Gasteiger partial charge in [-0.15, -0.1) is 0 Å². The standard InChI is InChI=1S/C12H15Cl2NO3S/c13-9-4-10(14)6-12(5-9)19(17,18)15-7-8-1-2-11(16)3-8/h4-6,8,11,15-16H,1-3,7H2. The van der Waals surface area contributed by atoms with Crippen molar-refractivity contribution in [2.24, 2.45) is 5.92 Å². The summed E-state index contributed by atoms with van der Waals surface area (Å²) in [5, 5.41) is 9.97. The number of aliphatic hydroxyl groups excluding tert-OH is 1. The number of hydrogen-bond donors (Lipinski definition) is 2. The Kier molecular flexibility index (Phi) is 4.74. The largest absolute Gasteiger partial charge is 0.393 e. The lowest BCUT2D eigenvalue weighted by atomic mass is 10.1. The number of benzene rings is 1. The minimum Gasteiger partial charge on any atom is -0.393 e. The molecule has 19 heavy (non-hydrogen) atoms. The Labute approximate surface area is 122 Å². The van der Waals surface area contributed by atoms with Gasteiger partial charge in [0, 0.05) is 16.6 Å². The van der Waals surface area contributed by atoms with Gasteiger partial charge < -0.3 is 5.11 Å². The molecule has 106 valence electrons. The number of halogens is 2. The Bertz CT molecular complexity index is 542. The zero-order valence-corrected chi connectivity index (χ0v) is 12.5. The fraction of sp³-hybridized carbons (Fsp3) is 0.500. The van der Waals surface area contributed by atoms with E-state index in [1.54, 1.807) is 0 Å². The van der Waals surface area contributed by atoms with Gasteiger partial charge in [0.05, 0.1) is 11.0 Å². The molecule has 0 saturated heterocycles. The molecule has 2 rings (SSSR count). The summed E-state index contributed by atoms with van der Waals surface area (Å²) in [7, 11) is -3.61. The molecule has 1 aliphatic carbocycles. The first-order chi connectivity index (χ1) is 8.87. The van der Waals surface area contributed by atoms with Crippen molar-refractivity contribution in [1.82, 2.24) is 4.72 Å². The van der Waals surface area contributed by atoms with Crippen LogP contribution >= 0.6 is 23.2 Å². The number of hydrogen-bond acceptors (Lipinski definition) is 3. The van der Waals surface area contributed by atoms with E-state index >= 15 is 0 Å². The minimum absolute atomic E-state index is 0.0588. The average Bonchev–Trinajstić information content (AvgIpc) is 2.71. The SMILES string of the molecule is O=S(=O)(NCC1CCC(O)C1)c1cc(Cl)cc(Cl)c1. The zero-order chi connectivity index (χ0) is 14.0. The number of sulfonamides is 1. The van der Waals surface area contributed by atoms with E-state index in [0.29, 0.717) is 13.0 Å². The molecule has 0 amide bonds. The Balaban J connectivity index is 2.05. The lowest BCUT2D eigenvalue weighted by molar-refractivity contribution is 0.178. The van der Waals surface area contributed by atoms with Gasteiger partial charge in [-0.05, 0) is 43.4 Å². The lowest BCUT2D eigenvalue weighted by Crippen LogP contribution is -2.28. The van der Waals surface area contributed by atoms with Crippen LogP contribution in [0.4, 0.5) is 0 Å². The van der Waals surface area contributed by atoms with Gasteiger partial charge in [0.15, 0.2) is 0 Å². The van der Waals surface area contributed by atoms with Crippen LogP contribution in [0.15, 0.2) is 23.1 Å². The van der Waals surface area contributed by atoms with E-state index in [4.69, 9.17) is 23.2 Å². The molecule has 1 saturated carbocycles. The molecule has 0 bridgehead atoms. The summed E-state index contributed by atoms with van der Waals surface area (Å²) >= 11 is 11.6. The summed E-state index contributed by atoms with van der Waals surface area (Å²) in [5.74, 6) is 0.180. The third-order valence-corrected chi connectivity index (χ3v) is 5.06. The topological polar surface area (TPSA) is 66.4 Å². The second-order valence-electron chi connectivity index (χ2n) is 4.79. The van der Waals surface area contributed by atoms with E-state index in [1.807, 2.05) is 0 Å². The van der Waals surface area contributed by atoms with E-state index in [0.717, 1.165) is 12.8 Å². The van der Waals surface area contributed by atoms with Crippen LogP contribution in [0.2, 0.25) is 10.0 Å². The van der Waals surface area contributed by atoms with Gasteiger partial charge in [0.2, 0.25) is 10.0 Å². The van der Waals surface area contributed by atoms with Crippen molar-refractivity contribution < 1.29 is 13.5 Å². The summed E-state index contributed by atoms with van der Waals surface area (Å²) in [5.41, 5.74) is 0. The van der Waals surface area contributed by atoms with Gasteiger partial charge >= 0.3 is 0 Å². The van der Waals surface area contributed by atoms with Crippen molar-refractivity contribution in [3.63, 3.8) is 0 Å². The fourth-order valence-electron chi connectivity index (χ4n) is 2.23. The summed E-state index contributed by atoms with van der Waals surface area (Å²) < 4.78 is 26.7. The normalized spacial score (nSPS) is 23.7. The van der Waals surface area contributed by atoms with Crippen LogP contribution in [0.5, 0.6) is 0 Å². The molecule has 2 unspecified atom stereocenters. The Morgan fingerprint density at radius 1 is 1.21 bits per heavy atom. The molecule has 4 nitrogen and oxygen atoms in total. The van der Waals surface area contributed by atoms with E-state index in [2.05, 4.69) is 4.72 Å². The molecule has 1 aromatic carbocycles. The minimum atomic E-state index is -3.61. The molecule has 0 heterocycles. The number of aliphatic hydroxyl groups is 1. The maximum atomic E-state index is 12.1. The average molecular weight is 324 g/mol. The van der Waals surface area contributed by atoms with Crippen LogP contribution < -0.4 is 4.72 Å². The summed E-state index contributed by atoms with van der Waals surface area (Å²) in [4.78, 5) is 0.0588. The van der Waals surface area contributed by atoms with Crippen molar-refractivity contribution in [2.45, 2.75) is 30.3 Å². The molecule has 1 aliphatic rings. The van der Waals surface area contributed by atoms with Crippen molar-refractivity contribution in [3.05, 3.63) is 28.2 Å². The third-order valence-electron chi connectivity index (χ3n) is 3.22. The van der Waals surface area contributed by atoms with Crippen LogP contribution in [0.25, 0.3) is 0 Å². The van der Waals surface area contributed by atoms with Gasteiger partial charge in [0.1, 0.15) is 0 Å². The maximum Gasteiger partial charge on any atom is 0.240 e. The predicted molar refractivity (Wildman–Crippen MR) is 75.0 cm³/mol. The summed E-state index contributed by atoms with van der Waals surface area (Å²) in [6, 6.07) is 4.20. The number of rotatable bonds is 4. The van der Waals surface area contributed by atoms with Gasteiger partial charge in [-0.25, -0.2) is 13.1 Å². The second kappa shape index (κ2) is 5.97. The molecule has 0 spiro atoms. The van der Waals surface area contributed by atoms with E-state index in [9.17, 15) is 13.5 Å². The van der Waals surface area contributed by atoms with Crippen LogP contribution in [0.3, 0.4) is 0 Å². The van der Waals surface area contributed by atoms with Crippen molar-refractivity contribution in [2.75, 3.05) is 6.54 Å². The molecule has 2 N–H and O–H groups in total. The molecule has 0 radical (unpaired) electrons. The van der Waals surface area contributed by atoms with Gasteiger partial charge in [-0.2, -0.15) is 0 Å². The molecular weight excluding hydrogens is 309 g/mol. The smallest absolute Gasteiger partial charge is 0.240 e. The first-order valence-corrected chi connectivity index (χ1v) is 8.24. The molecule has 0 aromatic heterocycles. The van der Waals surface area contributed by atoms with E-state index in [-0.39, 0.29) is 27.0 Å². The van der Waals surface area contributed by atoms with Crippen molar-refractivity contribution in [3.8, 4) is 0 Å². The molecule has 1 fully saturated rings. The highest BCUT2D eigenvalue weighted by Crippen LogP contribution is 2.26. The summed E-state index contributed by atoms with van der Waals surface area (Å²) in [6.07, 6.45) is 1.89. The quantitative estimate of drug-likeness (QED) is 0.894. The van der Waals surface area contributed by atoms with E-state index in [1.165, 1.54) is 18.2 Å². The first-order valence-electron chi connectivity index (χ1n) is 6.00. The Morgan fingerprint density at radius 2 is 1.84 bits per heavy atom. The second-order valence-corrected chi connectivity index (χ2v) is 7.43. The highest BCUT2D eigenvalue weighted by atomic mass is 35.5. The molecule has 2 atom stereocenters. The van der Waals surface area contributed by atoms with Crippen molar-refractivity contribution >= 4 is 33.2 Å². The highest BCUT2D eigenvalue weighted by Gasteiger charge is 2.25. The van der Waals surface area contributed by atoms with Crippen LogP contribution in [-0.2, 0) is 10.0 Å². The lowest BCUT2D eigenvalue weighted by Gasteiger charge is -2.12. The van der Waals surface area contributed by atoms with Gasteiger partial charge in [-0.1, -0.05) is 23.2 Å². The predicted octanol–water partition coefficient (Wildman–Crippen LogP) is 2.43. The van der Waals surface area contributed by atoms with Gasteiger partial charge in [-0.3, -0.25) is 0 Å². The van der Waals surface area contributed by atoms with Crippen LogP contribution in [0.1, 0.15) is 19.3 Å².